The molecule has 4 atom stereocenters. The van der Waals surface area contributed by atoms with Crippen molar-refractivity contribution in [2.75, 3.05) is 0 Å². The van der Waals surface area contributed by atoms with Crippen LogP contribution in [0, 0.1) is 0 Å². The molecule has 0 amide bonds. The van der Waals surface area contributed by atoms with Crippen molar-refractivity contribution >= 4 is 46.4 Å². The minimum atomic E-state index is -6.15. The molecule has 0 saturated carbocycles. The molecule has 0 heterocycles. The van der Waals surface area contributed by atoms with E-state index in [1.165, 1.54) is 0 Å². The minimum Gasteiger partial charge on any atom is -0.232 e. The molecule has 0 aromatic rings. The van der Waals surface area contributed by atoms with Gasteiger partial charge in [0.1, 0.15) is 11.7 Å². The highest BCUT2D eigenvalue weighted by Crippen LogP contribution is 2.56. The van der Waals surface area contributed by atoms with Gasteiger partial charge in [-0.2, -0.15) is 22.0 Å². The predicted molar refractivity (Wildman–Crippen MR) is 60.0 cm³/mol. The third-order valence-electron chi connectivity index (χ3n) is 2.11. The summed E-state index contributed by atoms with van der Waals surface area (Å²) in [4.78, 5) is 0. The molecule has 21 heavy (non-hydrogen) atoms. The van der Waals surface area contributed by atoms with Crippen LogP contribution in [0.5, 0.6) is 0 Å². The molecular weight excluding hydrogens is 409 g/mol. The van der Waals surface area contributed by atoms with Crippen LogP contribution in [0.4, 0.5) is 39.5 Å². The first-order chi connectivity index (χ1) is 9.05. The van der Waals surface area contributed by atoms with Crippen LogP contribution in [0.15, 0.2) is 11.4 Å². The Balaban J connectivity index is 5.84. The van der Waals surface area contributed by atoms with Gasteiger partial charge in [-0.25, -0.2) is 17.6 Å². The SMILES string of the molecule is FC=C(Cl)C(Cl)C(F)(F)C(F)(Cl)C(F)(Cl)C(F)C(F)(F)F. The summed E-state index contributed by atoms with van der Waals surface area (Å²) in [7, 11) is 0. The van der Waals surface area contributed by atoms with Crippen molar-refractivity contribution in [2.45, 2.75) is 33.9 Å². The van der Waals surface area contributed by atoms with Crippen LogP contribution in [0.1, 0.15) is 0 Å². The van der Waals surface area contributed by atoms with Crippen LogP contribution in [0.3, 0.4) is 0 Å². The fourth-order valence-electron chi connectivity index (χ4n) is 0.975. The summed E-state index contributed by atoms with van der Waals surface area (Å²) in [5.41, 5.74) is 0. The molecule has 4 unspecified atom stereocenters. The molecule has 0 aliphatic rings. The summed E-state index contributed by atoms with van der Waals surface area (Å²) in [6.07, 6.45) is -11.9. The molecule has 13 heteroatoms. The monoisotopic (exact) mass is 410 g/mol. The third kappa shape index (κ3) is 3.79. The van der Waals surface area contributed by atoms with E-state index in [4.69, 9.17) is 23.2 Å². The van der Waals surface area contributed by atoms with Crippen LogP contribution in [0.2, 0.25) is 0 Å². The first-order valence-corrected chi connectivity index (χ1v) is 6.06. The molecular formula is C8H3Cl4F9. The van der Waals surface area contributed by atoms with Gasteiger partial charge in [-0.05, 0) is 0 Å². The maximum Gasteiger partial charge on any atom is 0.424 e. The zero-order valence-corrected chi connectivity index (χ0v) is 12.2. The van der Waals surface area contributed by atoms with E-state index < -0.39 is 45.3 Å². The summed E-state index contributed by atoms with van der Waals surface area (Å²) < 4.78 is 115. The Morgan fingerprint density at radius 2 is 1.33 bits per heavy atom. The fraction of sp³-hybridized carbons (Fsp3) is 0.750. The minimum absolute atomic E-state index is 0.773. The number of allylic oxidation sites excluding steroid dienone is 1. The standard InChI is InChI=1S/C8H3Cl4F9/c9-2(1-13)3(10)6(16,17)8(12,21)5(11,15)4(14)7(18,19)20/h1,3-4H. The van der Waals surface area contributed by atoms with Crippen molar-refractivity contribution in [3.63, 3.8) is 0 Å². The lowest BCUT2D eigenvalue weighted by Gasteiger charge is -2.38. The van der Waals surface area contributed by atoms with E-state index in [1.54, 1.807) is 0 Å². The van der Waals surface area contributed by atoms with Gasteiger partial charge in [0.2, 0.25) is 6.17 Å². The van der Waals surface area contributed by atoms with Crippen LogP contribution >= 0.6 is 46.4 Å². The highest BCUT2D eigenvalue weighted by molar-refractivity contribution is 6.39. The second kappa shape index (κ2) is 6.41. The van der Waals surface area contributed by atoms with Gasteiger partial charge >= 0.3 is 12.1 Å². The van der Waals surface area contributed by atoms with E-state index in [9.17, 15) is 39.5 Å². The lowest BCUT2D eigenvalue weighted by atomic mass is 10.0. The van der Waals surface area contributed by atoms with E-state index in [-0.39, 0.29) is 0 Å². The first-order valence-electron chi connectivity index (χ1n) is 4.49. The lowest BCUT2D eigenvalue weighted by Crippen LogP contribution is -2.62. The zero-order valence-electron chi connectivity index (χ0n) is 9.15. The zero-order chi connectivity index (χ0) is 17.4. The Kier molecular flexibility index (Phi) is 6.49. The van der Waals surface area contributed by atoms with Gasteiger partial charge < -0.3 is 0 Å². The Bertz CT molecular complexity index is 403. The molecule has 0 spiro atoms. The molecule has 0 aromatic heterocycles. The quantitative estimate of drug-likeness (QED) is 0.385. The van der Waals surface area contributed by atoms with Gasteiger partial charge in [0, 0.05) is 0 Å². The summed E-state index contributed by atoms with van der Waals surface area (Å²) in [6, 6.07) is 0. The van der Waals surface area contributed by atoms with Gasteiger partial charge in [-0.15, -0.1) is 11.6 Å². The maximum atomic E-state index is 13.6. The molecule has 0 fully saturated rings. The Morgan fingerprint density at radius 3 is 1.62 bits per heavy atom. The summed E-state index contributed by atoms with van der Waals surface area (Å²) in [5, 5.41) is -15.9. The lowest BCUT2D eigenvalue weighted by molar-refractivity contribution is -0.233. The molecule has 0 nitrogen and oxygen atoms in total. The third-order valence-corrected chi connectivity index (χ3v) is 4.10. The van der Waals surface area contributed by atoms with Crippen LogP contribution < -0.4 is 0 Å². The highest BCUT2D eigenvalue weighted by Gasteiger charge is 2.76. The van der Waals surface area contributed by atoms with Crippen molar-refractivity contribution < 1.29 is 39.5 Å². The normalized spacial score (nSPS) is 23.2. The number of halogens is 13. The molecule has 0 saturated heterocycles. The average molecular weight is 412 g/mol. The van der Waals surface area contributed by atoms with Crippen molar-refractivity contribution in [3.8, 4) is 0 Å². The van der Waals surface area contributed by atoms with Gasteiger partial charge in [0.15, 0.2) is 0 Å². The second-order valence-electron chi connectivity index (χ2n) is 3.58. The van der Waals surface area contributed by atoms with E-state index in [1.807, 2.05) is 0 Å². The van der Waals surface area contributed by atoms with E-state index in [0.29, 0.717) is 0 Å². The largest absolute Gasteiger partial charge is 0.424 e. The Morgan fingerprint density at radius 1 is 0.952 bits per heavy atom. The summed E-state index contributed by atoms with van der Waals surface area (Å²) in [5.74, 6) is -5.51. The summed E-state index contributed by atoms with van der Waals surface area (Å²) >= 11 is 18.2. The van der Waals surface area contributed by atoms with Gasteiger partial charge in [0.25, 0.3) is 10.3 Å². The number of alkyl halides is 11. The van der Waals surface area contributed by atoms with Crippen molar-refractivity contribution in [2.24, 2.45) is 0 Å². The molecule has 0 aromatic carbocycles. The fourth-order valence-corrected chi connectivity index (χ4v) is 1.82. The molecule has 0 aliphatic carbocycles. The van der Waals surface area contributed by atoms with Crippen molar-refractivity contribution in [1.82, 2.24) is 0 Å². The number of rotatable bonds is 5. The highest BCUT2D eigenvalue weighted by atomic mass is 35.5. The molecule has 0 aliphatic heterocycles. The van der Waals surface area contributed by atoms with Crippen molar-refractivity contribution in [1.29, 1.82) is 0 Å². The Hall–Kier alpha value is 0.270. The molecule has 0 N–H and O–H groups in total. The predicted octanol–water partition coefficient (Wildman–Crippen LogP) is 5.99. The molecule has 0 radical (unpaired) electrons. The summed E-state index contributed by atoms with van der Waals surface area (Å²) in [6.45, 7) is 0. The maximum absolute atomic E-state index is 13.6. The van der Waals surface area contributed by atoms with E-state index in [0.717, 1.165) is 0 Å². The van der Waals surface area contributed by atoms with Crippen LogP contribution in [-0.4, -0.2) is 33.9 Å². The van der Waals surface area contributed by atoms with Crippen molar-refractivity contribution in [3.05, 3.63) is 11.4 Å². The smallest absolute Gasteiger partial charge is 0.232 e. The van der Waals surface area contributed by atoms with Crippen LogP contribution in [-0.2, 0) is 0 Å². The number of hydrogen-bond donors (Lipinski definition) is 0. The number of hydrogen-bond acceptors (Lipinski definition) is 0. The van der Waals surface area contributed by atoms with Gasteiger partial charge in [-0.3, -0.25) is 0 Å². The first kappa shape index (κ1) is 21.3. The molecule has 0 bridgehead atoms. The van der Waals surface area contributed by atoms with E-state index >= 15 is 0 Å². The molecule has 0 rings (SSSR count). The van der Waals surface area contributed by atoms with Crippen LogP contribution in [0.25, 0.3) is 0 Å². The van der Waals surface area contributed by atoms with Gasteiger partial charge in [0.05, 0.1) is 5.03 Å². The molecule has 126 valence electrons. The second-order valence-corrected chi connectivity index (χ2v) is 5.52. The Labute approximate surface area is 131 Å². The average Bonchev–Trinajstić information content (AvgIpc) is 2.34. The topological polar surface area (TPSA) is 0 Å². The van der Waals surface area contributed by atoms with Gasteiger partial charge in [-0.1, -0.05) is 34.8 Å². The van der Waals surface area contributed by atoms with E-state index in [2.05, 4.69) is 23.2 Å².